The van der Waals surface area contributed by atoms with Crippen LogP contribution in [-0.4, -0.2) is 30.9 Å². The van der Waals surface area contributed by atoms with E-state index >= 15 is 0 Å². The van der Waals surface area contributed by atoms with Crippen molar-refractivity contribution >= 4 is 21.3 Å². The number of pyridine rings is 1. The Hall–Kier alpha value is -1.30. The minimum absolute atomic E-state index is 0.217. The van der Waals surface area contributed by atoms with Gasteiger partial charge in [0, 0.05) is 6.04 Å². The molecule has 6 heteroatoms. The van der Waals surface area contributed by atoms with E-state index in [1.807, 2.05) is 6.07 Å². The maximum atomic E-state index is 11.2. The molecule has 0 spiro atoms. The van der Waals surface area contributed by atoms with Gasteiger partial charge in [0.25, 0.3) is 0 Å². The summed E-state index contributed by atoms with van der Waals surface area (Å²) in [6.07, 6.45) is 2.98. The van der Waals surface area contributed by atoms with Gasteiger partial charge in [-0.05, 0) is 25.0 Å². The normalized spacial score (nSPS) is 20.5. The van der Waals surface area contributed by atoms with Crippen LogP contribution in [0.25, 0.3) is 0 Å². The fraction of sp³-hybridized carbons (Fsp3) is 0.500. The van der Waals surface area contributed by atoms with Gasteiger partial charge in [-0.1, -0.05) is 0 Å². The third-order valence-corrected chi connectivity index (χ3v) is 4.43. The Balaban J connectivity index is 1.94. The van der Waals surface area contributed by atoms with Gasteiger partial charge in [-0.15, -0.1) is 0 Å². The standard InChI is InChI=1S/C10H15N3O2S/c11-10-2-1-9(7-12-10)13-8-3-5-16(14,15)6-4-8/h1-2,7-8,13H,3-6H2,(H2,11,12). The second-order valence-electron chi connectivity index (χ2n) is 4.04. The lowest BCUT2D eigenvalue weighted by Crippen LogP contribution is -2.32. The summed E-state index contributed by atoms with van der Waals surface area (Å²) in [6.45, 7) is 0. The van der Waals surface area contributed by atoms with Crippen molar-refractivity contribution in [1.29, 1.82) is 0 Å². The molecule has 1 aliphatic heterocycles. The molecule has 1 aliphatic rings. The largest absolute Gasteiger partial charge is 0.384 e. The van der Waals surface area contributed by atoms with E-state index in [4.69, 9.17) is 5.73 Å². The summed E-state index contributed by atoms with van der Waals surface area (Å²) < 4.78 is 22.5. The van der Waals surface area contributed by atoms with Crippen LogP contribution < -0.4 is 11.1 Å². The van der Waals surface area contributed by atoms with Crippen molar-refractivity contribution in [2.75, 3.05) is 22.6 Å². The molecule has 2 rings (SSSR count). The first-order chi connectivity index (χ1) is 7.55. The average Bonchev–Trinajstić information content (AvgIpc) is 2.24. The molecule has 1 aromatic heterocycles. The maximum Gasteiger partial charge on any atom is 0.150 e. The molecule has 2 heterocycles. The lowest BCUT2D eigenvalue weighted by Gasteiger charge is -2.23. The van der Waals surface area contributed by atoms with Gasteiger partial charge in [0.05, 0.1) is 23.4 Å². The molecule has 1 aromatic rings. The van der Waals surface area contributed by atoms with Crippen molar-refractivity contribution in [3.63, 3.8) is 0 Å². The molecule has 0 bridgehead atoms. The second kappa shape index (κ2) is 4.29. The number of hydrogen-bond acceptors (Lipinski definition) is 5. The minimum Gasteiger partial charge on any atom is -0.384 e. The molecule has 1 saturated heterocycles. The number of hydrogen-bond donors (Lipinski definition) is 2. The first-order valence-electron chi connectivity index (χ1n) is 5.24. The Morgan fingerprint density at radius 2 is 2.00 bits per heavy atom. The highest BCUT2D eigenvalue weighted by atomic mass is 32.2. The fourth-order valence-corrected chi connectivity index (χ4v) is 3.25. The summed E-state index contributed by atoms with van der Waals surface area (Å²) in [5.74, 6) is 1.02. The van der Waals surface area contributed by atoms with Crippen LogP contribution in [0.4, 0.5) is 11.5 Å². The van der Waals surface area contributed by atoms with Gasteiger partial charge >= 0.3 is 0 Å². The van der Waals surface area contributed by atoms with Crippen molar-refractivity contribution in [3.05, 3.63) is 18.3 Å². The Labute approximate surface area is 95.0 Å². The minimum atomic E-state index is -2.79. The lowest BCUT2D eigenvalue weighted by molar-refractivity contribution is 0.559. The molecule has 0 aromatic carbocycles. The molecule has 0 radical (unpaired) electrons. The molecule has 0 saturated carbocycles. The zero-order chi connectivity index (χ0) is 11.6. The van der Waals surface area contributed by atoms with Gasteiger partial charge in [0.1, 0.15) is 15.7 Å². The monoisotopic (exact) mass is 241 g/mol. The molecule has 0 amide bonds. The number of aromatic nitrogens is 1. The zero-order valence-corrected chi connectivity index (χ0v) is 9.70. The van der Waals surface area contributed by atoms with Crippen molar-refractivity contribution in [2.45, 2.75) is 18.9 Å². The Kier molecular flexibility index (Phi) is 3.00. The van der Waals surface area contributed by atoms with Crippen molar-refractivity contribution in [2.24, 2.45) is 0 Å². The molecule has 0 aliphatic carbocycles. The first kappa shape index (κ1) is 11.2. The molecule has 0 unspecified atom stereocenters. The van der Waals surface area contributed by atoms with E-state index in [2.05, 4.69) is 10.3 Å². The zero-order valence-electron chi connectivity index (χ0n) is 8.89. The lowest BCUT2D eigenvalue weighted by atomic mass is 10.1. The number of nitrogen functional groups attached to an aromatic ring is 1. The van der Waals surface area contributed by atoms with E-state index in [0.29, 0.717) is 18.7 Å². The highest BCUT2D eigenvalue weighted by Gasteiger charge is 2.23. The number of nitrogens with zero attached hydrogens (tertiary/aromatic N) is 1. The predicted molar refractivity (Wildman–Crippen MR) is 63.9 cm³/mol. The third kappa shape index (κ3) is 2.85. The first-order valence-corrected chi connectivity index (χ1v) is 7.06. The highest BCUT2D eigenvalue weighted by Crippen LogP contribution is 2.17. The summed E-state index contributed by atoms with van der Waals surface area (Å²) in [7, 11) is -2.79. The Morgan fingerprint density at radius 1 is 1.31 bits per heavy atom. The van der Waals surface area contributed by atoms with E-state index in [1.165, 1.54) is 0 Å². The van der Waals surface area contributed by atoms with Gasteiger partial charge in [-0.25, -0.2) is 13.4 Å². The number of anilines is 2. The Bertz CT molecular complexity index is 441. The topological polar surface area (TPSA) is 85.1 Å². The summed E-state index contributed by atoms with van der Waals surface area (Å²) in [6, 6.07) is 3.79. The smallest absolute Gasteiger partial charge is 0.150 e. The predicted octanol–water partition coefficient (Wildman–Crippen LogP) is 0.653. The van der Waals surface area contributed by atoms with Crippen LogP contribution in [0.3, 0.4) is 0 Å². The average molecular weight is 241 g/mol. The van der Waals surface area contributed by atoms with Crippen molar-refractivity contribution in [1.82, 2.24) is 4.98 Å². The molecular weight excluding hydrogens is 226 g/mol. The van der Waals surface area contributed by atoms with E-state index in [-0.39, 0.29) is 17.5 Å². The van der Waals surface area contributed by atoms with E-state index < -0.39 is 9.84 Å². The second-order valence-corrected chi connectivity index (χ2v) is 6.35. The summed E-state index contributed by atoms with van der Waals surface area (Å²) in [5, 5.41) is 3.26. The van der Waals surface area contributed by atoms with Crippen LogP contribution in [0.2, 0.25) is 0 Å². The molecule has 5 nitrogen and oxygen atoms in total. The summed E-state index contributed by atoms with van der Waals surface area (Å²) in [4.78, 5) is 3.97. The van der Waals surface area contributed by atoms with Crippen molar-refractivity contribution < 1.29 is 8.42 Å². The van der Waals surface area contributed by atoms with Crippen LogP contribution in [0.1, 0.15) is 12.8 Å². The number of nitrogens with two attached hydrogens (primary N) is 1. The molecule has 3 N–H and O–H groups in total. The van der Waals surface area contributed by atoms with E-state index in [0.717, 1.165) is 5.69 Å². The molecule has 88 valence electrons. The van der Waals surface area contributed by atoms with Crippen LogP contribution in [0, 0.1) is 0 Å². The van der Waals surface area contributed by atoms with Gasteiger partial charge in [-0.2, -0.15) is 0 Å². The SMILES string of the molecule is Nc1ccc(NC2CCS(=O)(=O)CC2)cn1. The number of rotatable bonds is 2. The summed E-state index contributed by atoms with van der Waals surface area (Å²) >= 11 is 0. The molecular formula is C10H15N3O2S. The van der Waals surface area contributed by atoms with Crippen LogP contribution >= 0.6 is 0 Å². The molecule has 0 atom stereocenters. The number of nitrogens with one attached hydrogen (secondary N) is 1. The third-order valence-electron chi connectivity index (χ3n) is 2.71. The van der Waals surface area contributed by atoms with Crippen LogP contribution in [0.5, 0.6) is 0 Å². The summed E-state index contributed by atoms with van der Waals surface area (Å²) in [5.41, 5.74) is 6.36. The van der Waals surface area contributed by atoms with Gasteiger partial charge in [0.2, 0.25) is 0 Å². The molecule has 16 heavy (non-hydrogen) atoms. The van der Waals surface area contributed by atoms with Gasteiger partial charge in [0.15, 0.2) is 0 Å². The van der Waals surface area contributed by atoms with E-state index in [1.54, 1.807) is 12.3 Å². The van der Waals surface area contributed by atoms with Crippen LogP contribution in [-0.2, 0) is 9.84 Å². The van der Waals surface area contributed by atoms with Gasteiger partial charge in [-0.3, -0.25) is 0 Å². The van der Waals surface area contributed by atoms with Crippen LogP contribution in [0.15, 0.2) is 18.3 Å². The van der Waals surface area contributed by atoms with E-state index in [9.17, 15) is 8.42 Å². The van der Waals surface area contributed by atoms with Crippen molar-refractivity contribution in [3.8, 4) is 0 Å². The number of sulfone groups is 1. The maximum absolute atomic E-state index is 11.2. The Morgan fingerprint density at radius 3 is 2.56 bits per heavy atom. The fourth-order valence-electron chi connectivity index (χ4n) is 1.76. The highest BCUT2D eigenvalue weighted by molar-refractivity contribution is 7.91. The molecule has 1 fully saturated rings. The quantitative estimate of drug-likeness (QED) is 0.794. The van der Waals surface area contributed by atoms with Gasteiger partial charge < -0.3 is 11.1 Å².